The van der Waals surface area contributed by atoms with Gasteiger partial charge in [0.1, 0.15) is 0 Å². The second kappa shape index (κ2) is 9.62. The van der Waals surface area contributed by atoms with Crippen LogP contribution in [0.4, 0.5) is 0 Å². The first-order valence-corrected chi connectivity index (χ1v) is 13.1. The van der Waals surface area contributed by atoms with Gasteiger partial charge in [0.25, 0.3) is 0 Å². The normalized spacial score (nSPS) is 14.5. The molecule has 1 aromatic carbocycles. The molecule has 0 bridgehead atoms. The van der Waals surface area contributed by atoms with Crippen LogP contribution in [0.3, 0.4) is 0 Å². The zero-order chi connectivity index (χ0) is 23.6. The minimum atomic E-state index is -3.54. The minimum absolute atomic E-state index is 0.148. The number of carbonyl (C=O) groups excluding carboxylic acids is 2. The minimum Gasteiger partial charge on any atom is -0.454 e. The van der Waals surface area contributed by atoms with Crippen LogP contribution in [-0.4, -0.2) is 48.7 Å². The van der Waals surface area contributed by atoms with Gasteiger partial charge >= 0.3 is 5.97 Å². The Labute approximate surface area is 197 Å². The number of hydrogen-bond acceptors (Lipinski definition) is 6. The number of aryl methyl sites for hydroxylation is 1. The maximum absolute atomic E-state index is 12.7. The van der Waals surface area contributed by atoms with E-state index in [2.05, 4.69) is 10.6 Å². The van der Waals surface area contributed by atoms with Gasteiger partial charge < -0.3 is 9.30 Å². The predicted molar refractivity (Wildman–Crippen MR) is 126 cm³/mol. The number of sulfonamides is 1. The summed E-state index contributed by atoms with van der Waals surface area (Å²) >= 11 is 1.66. The lowest BCUT2D eigenvalue weighted by molar-refractivity contribution is 0.0474. The van der Waals surface area contributed by atoms with Gasteiger partial charge in [0.05, 0.1) is 17.0 Å². The summed E-state index contributed by atoms with van der Waals surface area (Å²) in [7, 11) is -3.54. The Morgan fingerprint density at radius 3 is 2.39 bits per heavy atom. The molecule has 3 heterocycles. The molecule has 3 aromatic rings. The van der Waals surface area contributed by atoms with E-state index in [-0.39, 0.29) is 22.8 Å². The molecule has 9 heteroatoms. The molecule has 4 rings (SSSR count). The summed E-state index contributed by atoms with van der Waals surface area (Å²) in [6.45, 7) is 5.17. The Hall–Kier alpha value is -2.75. The van der Waals surface area contributed by atoms with Crippen molar-refractivity contribution in [2.24, 2.45) is 0 Å². The summed E-state index contributed by atoms with van der Waals surface area (Å²) in [6.07, 6.45) is 1.71. The molecular weight excluding hydrogens is 460 g/mol. The summed E-state index contributed by atoms with van der Waals surface area (Å²) in [4.78, 5) is 26.5. The Kier molecular flexibility index (Phi) is 6.83. The second-order valence-electron chi connectivity index (χ2n) is 8.09. The first-order chi connectivity index (χ1) is 15.8. The van der Waals surface area contributed by atoms with Gasteiger partial charge in [-0.3, -0.25) is 4.79 Å². The van der Waals surface area contributed by atoms with Crippen LogP contribution in [0, 0.1) is 13.8 Å². The fourth-order valence-electron chi connectivity index (χ4n) is 4.02. The highest BCUT2D eigenvalue weighted by Crippen LogP contribution is 2.22. The molecular formula is C24H26N2O5S2. The number of carbonyl (C=O) groups is 2. The molecule has 1 aliphatic heterocycles. The number of nitrogens with zero attached hydrogens (tertiary/aromatic N) is 2. The van der Waals surface area contributed by atoms with Crippen LogP contribution in [0.25, 0.3) is 0 Å². The van der Waals surface area contributed by atoms with Crippen molar-refractivity contribution >= 4 is 33.1 Å². The second-order valence-corrected chi connectivity index (χ2v) is 11.1. The highest BCUT2D eigenvalue weighted by atomic mass is 32.2. The molecule has 0 aliphatic carbocycles. The van der Waals surface area contributed by atoms with Crippen molar-refractivity contribution in [3.8, 4) is 0 Å². The van der Waals surface area contributed by atoms with Crippen molar-refractivity contribution in [3.05, 3.63) is 75.2 Å². The molecule has 2 aromatic heterocycles. The number of aromatic nitrogens is 1. The van der Waals surface area contributed by atoms with Gasteiger partial charge in [0.2, 0.25) is 15.8 Å². The van der Waals surface area contributed by atoms with Crippen LogP contribution in [0.5, 0.6) is 0 Å². The number of Topliss-reactive ketones (excluding diaryl/α,β-unsaturated/α-hetero) is 1. The Bertz CT molecular complexity index is 1250. The Morgan fingerprint density at radius 1 is 1.06 bits per heavy atom. The highest BCUT2D eigenvalue weighted by molar-refractivity contribution is 7.89. The summed E-state index contributed by atoms with van der Waals surface area (Å²) in [5.41, 5.74) is 2.53. The topological polar surface area (TPSA) is 85.7 Å². The summed E-state index contributed by atoms with van der Waals surface area (Å²) in [6, 6.07) is 11.5. The number of benzene rings is 1. The van der Waals surface area contributed by atoms with Crippen molar-refractivity contribution in [1.29, 1.82) is 0 Å². The van der Waals surface area contributed by atoms with Gasteiger partial charge in [-0.2, -0.15) is 4.31 Å². The largest absolute Gasteiger partial charge is 0.454 e. The van der Waals surface area contributed by atoms with Gasteiger partial charge in [0.15, 0.2) is 6.61 Å². The summed E-state index contributed by atoms with van der Waals surface area (Å²) < 4.78 is 34.0. The molecule has 1 fully saturated rings. The summed E-state index contributed by atoms with van der Waals surface area (Å²) in [5.74, 6) is -0.942. The van der Waals surface area contributed by atoms with Crippen molar-refractivity contribution in [1.82, 2.24) is 8.87 Å². The van der Waals surface area contributed by atoms with Crippen LogP contribution >= 0.6 is 11.3 Å². The van der Waals surface area contributed by atoms with E-state index in [0.717, 1.165) is 24.2 Å². The molecule has 0 unspecified atom stereocenters. The van der Waals surface area contributed by atoms with Crippen LogP contribution in [0.2, 0.25) is 0 Å². The van der Waals surface area contributed by atoms with Gasteiger partial charge in [-0.25, -0.2) is 13.2 Å². The van der Waals surface area contributed by atoms with Crippen LogP contribution in [0.1, 0.15) is 49.8 Å². The molecule has 0 N–H and O–H groups in total. The number of rotatable bonds is 8. The van der Waals surface area contributed by atoms with E-state index in [0.29, 0.717) is 25.2 Å². The molecule has 174 valence electrons. The van der Waals surface area contributed by atoms with E-state index in [9.17, 15) is 18.0 Å². The van der Waals surface area contributed by atoms with E-state index < -0.39 is 16.0 Å². The van der Waals surface area contributed by atoms with E-state index in [4.69, 9.17) is 4.74 Å². The van der Waals surface area contributed by atoms with Crippen molar-refractivity contribution in [2.45, 2.75) is 38.1 Å². The average Bonchev–Trinajstić information content (AvgIpc) is 3.57. The molecule has 0 amide bonds. The fourth-order valence-corrected chi connectivity index (χ4v) is 6.23. The van der Waals surface area contributed by atoms with Crippen LogP contribution < -0.4 is 0 Å². The molecule has 1 saturated heterocycles. The third kappa shape index (κ3) is 4.95. The van der Waals surface area contributed by atoms with E-state index >= 15 is 0 Å². The average molecular weight is 487 g/mol. The van der Waals surface area contributed by atoms with Gasteiger partial charge in [-0.05, 0) is 68.5 Å². The highest BCUT2D eigenvalue weighted by Gasteiger charge is 2.27. The van der Waals surface area contributed by atoms with Crippen LogP contribution in [-0.2, 0) is 21.3 Å². The number of thiophene rings is 1. The monoisotopic (exact) mass is 486 g/mol. The van der Waals surface area contributed by atoms with Gasteiger partial charge in [0, 0.05) is 34.9 Å². The lowest BCUT2D eigenvalue weighted by atomic mass is 10.1. The number of esters is 1. The zero-order valence-electron chi connectivity index (χ0n) is 18.6. The number of hydrogen-bond donors (Lipinski definition) is 0. The number of ketones is 1. The first-order valence-electron chi connectivity index (χ1n) is 10.8. The van der Waals surface area contributed by atoms with E-state index in [1.54, 1.807) is 11.3 Å². The first kappa shape index (κ1) is 23.4. The molecule has 0 radical (unpaired) electrons. The van der Waals surface area contributed by atoms with E-state index in [1.165, 1.54) is 33.4 Å². The molecule has 1 aliphatic rings. The predicted octanol–water partition coefficient (Wildman–Crippen LogP) is 4.04. The lowest BCUT2D eigenvalue weighted by Gasteiger charge is -2.15. The van der Waals surface area contributed by atoms with Crippen molar-refractivity contribution in [3.63, 3.8) is 0 Å². The molecule has 7 nitrogen and oxygen atoms in total. The Balaban J connectivity index is 1.39. The Morgan fingerprint density at radius 2 is 1.76 bits per heavy atom. The lowest BCUT2D eigenvalue weighted by Crippen LogP contribution is -2.27. The third-order valence-corrected chi connectivity index (χ3v) is 8.67. The smallest absolute Gasteiger partial charge is 0.338 e. The molecule has 33 heavy (non-hydrogen) atoms. The SMILES string of the molecule is Cc1cc(C(=O)COC(=O)c2ccc(S(=O)(=O)N3CCCC3)cc2)c(C)n1Cc1cccs1. The third-order valence-electron chi connectivity index (χ3n) is 5.90. The fraction of sp³-hybridized carbons (Fsp3) is 0.333. The van der Waals surface area contributed by atoms with Crippen LogP contribution in [0.15, 0.2) is 52.7 Å². The maximum Gasteiger partial charge on any atom is 0.338 e. The molecule has 0 saturated carbocycles. The van der Waals surface area contributed by atoms with Crippen molar-refractivity contribution < 1.29 is 22.7 Å². The quantitative estimate of drug-likeness (QED) is 0.354. The number of ether oxygens (including phenoxy) is 1. The summed E-state index contributed by atoms with van der Waals surface area (Å²) in [5, 5.41) is 2.02. The molecule has 0 atom stereocenters. The van der Waals surface area contributed by atoms with Gasteiger partial charge in [-0.1, -0.05) is 6.07 Å². The molecule has 0 spiro atoms. The maximum atomic E-state index is 12.7. The van der Waals surface area contributed by atoms with Gasteiger partial charge in [-0.15, -0.1) is 11.3 Å². The zero-order valence-corrected chi connectivity index (χ0v) is 20.2. The van der Waals surface area contributed by atoms with E-state index in [1.807, 2.05) is 31.4 Å². The van der Waals surface area contributed by atoms with Crippen molar-refractivity contribution in [2.75, 3.05) is 19.7 Å². The standard InChI is InChI=1S/C24H26N2O5S2/c1-17-14-22(18(2)26(17)15-20-6-5-13-32-20)23(27)16-31-24(28)19-7-9-21(10-8-19)33(29,30)25-11-3-4-12-25/h5-10,13-14H,3-4,11-12,15-16H2,1-2H3.